The second-order valence-electron chi connectivity index (χ2n) is 5.35. The van der Waals surface area contributed by atoms with Crippen LogP contribution in [0.4, 0.5) is 0 Å². The van der Waals surface area contributed by atoms with Gasteiger partial charge in [0.15, 0.2) is 11.7 Å². The topological polar surface area (TPSA) is 94.5 Å². The molecular weight excluding hydrogens is 288 g/mol. The van der Waals surface area contributed by atoms with Gasteiger partial charge in [0.2, 0.25) is 5.76 Å². The van der Waals surface area contributed by atoms with Crippen molar-refractivity contribution < 1.29 is 18.5 Å². The minimum Gasteiger partial charge on any atom is -0.436 e. The zero-order valence-electron chi connectivity index (χ0n) is 13.0. The van der Waals surface area contributed by atoms with Crippen molar-refractivity contribution in [3.8, 4) is 0 Å². The minimum atomic E-state index is -0.438. The van der Waals surface area contributed by atoms with Crippen LogP contribution in [-0.4, -0.2) is 45.2 Å². The Labute approximate surface area is 127 Å². The number of hydrogen-bond acceptors (Lipinski definition) is 7. The predicted molar refractivity (Wildman–Crippen MR) is 74.2 cm³/mol. The zero-order valence-corrected chi connectivity index (χ0v) is 13.0. The van der Waals surface area contributed by atoms with E-state index in [0.29, 0.717) is 36.5 Å². The van der Waals surface area contributed by atoms with E-state index in [1.54, 1.807) is 25.7 Å². The van der Waals surface area contributed by atoms with E-state index in [1.807, 2.05) is 6.92 Å². The molecule has 0 saturated carbocycles. The van der Waals surface area contributed by atoms with Gasteiger partial charge in [0, 0.05) is 13.5 Å². The van der Waals surface area contributed by atoms with E-state index in [4.69, 9.17) is 13.7 Å². The monoisotopic (exact) mass is 306 g/mol. The predicted octanol–water partition coefficient (Wildman–Crippen LogP) is 1.59. The lowest BCUT2D eigenvalue weighted by Gasteiger charge is -2.37. The second kappa shape index (κ2) is 5.53. The Bertz CT molecular complexity index is 693. The highest BCUT2D eigenvalue weighted by atomic mass is 16.5. The molecule has 1 amide bonds. The number of nitrogens with zero attached hydrogens (tertiary/aromatic N) is 4. The minimum absolute atomic E-state index is 0.242. The van der Waals surface area contributed by atoms with Crippen molar-refractivity contribution in [2.24, 2.45) is 0 Å². The molecule has 0 spiro atoms. The van der Waals surface area contributed by atoms with Gasteiger partial charge in [-0.3, -0.25) is 4.79 Å². The van der Waals surface area contributed by atoms with E-state index in [-0.39, 0.29) is 17.8 Å². The third-order valence-electron chi connectivity index (χ3n) is 3.65. The van der Waals surface area contributed by atoms with Gasteiger partial charge < -0.3 is 18.6 Å². The summed E-state index contributed by atoms with van der Waals surface area (Å²) in [6, 6.07) is -0.438. The maximum Gasteiger partial charge on any atom is 0.292 e. The van der Waals surface area contributed by atoms with Gasteiger partial charge in [-0.1, -0.05) is 5.16 Å². The van der Waals surface area contributed by atoms with Crippen LogP contribution >= 0.6 is 0 Å². The first-order valence-electron chi connectivity index (χ1n) is 7.14. The first-order chi connectivity index (χ1) is 10.5. The lowest BCUT2D eigenvalue weighted by Crippen LogP contribution is -2.47. The molecule has 0 unspecified atom stereocenters. The molecule has 0 radical (unpaired) electrons. The number of oxazole rings is 1. The highest BCUT2D eigenvalue weighted by molar-refractivity contribution is 5.92. The lowest BCUT2D eigenvalue weighted by atomic mass is 10.1. The SMILES string of the molecule is Cc1noc([C@@H]2[C@@H](C)OCCN2C(=O)c2oc(C)nc2C)n1. The van der Waals surface area contributed by atoms with Crippen molar-refractivity contribution in [2.75, 3.05) is 13.2 Å². The maximum atomic E-state index is 12.8. The van der Waals surface area contributed by atoms with Crippen LogP contribution in [0.25, 0.3) is 0 Å². The van der Waals surface area contributed by atoms with Crippen molar-refractivity contribution in [1.29, 1.82) is 0 Å². The molecular formula is C14H18N4O4. The molecule has 8 nitrogen and oxygen atoms in total. The summed E-state index contributed by atoms with van der Waals surface area (Å²) < 4.78 is 16.3. The van der Waals surface area contributed by atoms with Gasteiger partial charge in [-0.15, -0.1) is 0 Å². The third kappa shape index (κ3) is 2.50. The van der Waals surface area contributed by atoms with Crippen LogP contribution in [0.15, 0.2) is 8.94 Å². The smallest absolute Gasteiger partial charge is 0.292 e. The zero-order chi connectivity index (χ0) is 15.9. The Morgan fingerprint density at radius 2 is 2.05 bits per heavy atom. The van der Waals surface area contributed by atoms with Crippen LogP contribution in [0.5, 0.6) is 0 Å². The molecule has 0 aromatic carbocycles. The number of aryl methyl sites for hydroxylation is 3. The number of ether oxygens (including phenoxy) is 1. The normalized spacial score (nSPS) is 22.1. The molecule has 8 heteroatoms. The van der Waals surface area contributed by atoms with Gasteiger partial charge in [-0.05, 0) is 20.8 Å². The van der Waals surface area contributed by atoms with Crippen molar-refractivity contribution >= 4 is 5.91 Å². The van der Waals surface area contributed by atoms with Crippen LogP contribution in [0, 0.1) is 20.8 Å². The largest absolute Gasteiger partial charge is 0.436 e. The summed E-state index contributed by atoms with van der Waals surface area (Å²) in [5, 5.41) is 3.80. The number of rotatable bonds is 2. The average Bonchev–Trinajstić information content (AvgIpc) is 3.03. The molecule has 22 heavy (non-hydrogen) atoms. The maximum absolute atomic E-state index is 12.8. The van der Waals surface area contributed by atoms with E-state index in [1.165, 1.54) is 0 Å². The third-order valence-corrected chi connectivity index (χ3v) is 3.65. The molecule has 0 bridgehead atoms. The molecule has 0 aliphatic carbocycles. The summed E-state index contributed by atoms with van der Waals surface area (Å²) >= 11 is 0. The summed E-state index contributed by atoms with van der Waals surface area (Å²) in [6.07, 6.45) is -0.248. The van der Waals surface area contributed by atoms with E-state index in [9.17, 15) is 4.79 Å². The van der Waals surface area contributed by atoms with Gasteiger partial charge in [-0.2, -0.15) is 4.98 Å². The van der Waals surface area contributed by atoms with E-state index >= 15 is 0 Å². The Kier molecular flexibility index (Phi) is 3.69. The lowest BCUT2D eigenvalue weighted by molar-refractivity contribution is -0.0609. The van der Waals surface area contributed by atoms with Crippen LogP contribution in [0.2, 0.25) is 0 Å². The summed E-state index contributed by atoms with van der Waals surface area (Å²) in [6.45, 7) is 7.95. The molecule has 1 saturated heterocycles. The van der Waals surface area contributed by atoms with Crippen molar-refractivity contribution in [3.05, 3.63) is 29.1 Å². The Balaban J connectivity index is 1.95. The molecule has 0 N–H and O–H groups in total. The number of morpholine rings is 1. The first-order valence-corrected chi connectivity index (χ1v) is 7.14. The quantitative estimate of drug-likeness (QED) is 0.831. The van der Waals surface area contributed by atoms with Crippen molar-refractivity contribution in [1.82, 2.24) is 20.0 Å². The van der Waals surface area contributed by atoms with E-state index < -0.39 is 6.04 Å². The molecule has 3 rings (SSSR count). The van der Waals surface area contributed by atoms with Crippen LogP contribution in [0.1, 0.15) is 46.8 Å². The van der Waals surface area contributed by atoms with Gasteiger partial charge in [0.05, 0.1) is 18.4 Å². The fourth-order valence-electron chi connectivity index (χ4n) is 2.68. The molecule has 2 atom stereocenters. The van der Waals surface area contributed by atoms with Crippen molar-refractivity contribution in [2.45, 2.75) is 39.8 Å². The van der Waals surface area contributed by atoms with Gasteiger partial charge in [0.1, 0.15) is 6.04 Å². The molecule has 118 valence electrons. The first kappa shape index (κ1) is 14.7. The van der Waals surface area contributed by atoms with Gasteiger partial charge in [-0.25, -0.2) is 4.98 Å². The van der Waals surface area contributed by atoms with Crippen molar-refractivity contribution in [3.63, 3.8) is 0 Å². The van der Waals surface area contributed by atoms with Crippen LogP contribution < -0.4 is 0 Å². The van der Waals surface area contributed by atoms with E-state index in [0.717, 1.165) is 0 Å². The molecule has 2 aromatic heterocycles. The van der Waals surface area contributed by atoms with Gasteiger partial charge in [0.25, 0.3) is 11.8 Å². The molecule has 1 fully saturated rings. The Morgan fingerprint density at radius 3 is 2.64 bits per heavy atom. The standard InChI is InChI=1S/C14H18N4O4/c1-7-12(21-10(4)15-7)14(19)18-5-6-20-8(2)11(18)13-16-9(3)17-22-13/h8,11H,5-6H2,1-4H3/t8-,11+/m1/s1. The van der Waals surface area contributed by atoms with E-state index in [2.05, 4.69) is 15.1 Å². The molecule has 3 heterocycles. The molecule has 1 aliphatic rings. The highest BCUT2D eigenvalue weighted by Gasteiger charge is 2.39. The summed E-state index contributed by atoms with van der Waals surface area (Å²) in [4.78, 5) is 22.9. The Morgan fingerprint density at radius 1 is 1.27 bits per heavy atom. The number of hydrogen-bond donors (Lipinski definition) is 0. The van der Waals surface area contributed by atoms with Crippen LogP contribution in [0.3, 0.4) is 0 Å². The highest BCUT2D eigenvalue weighted by Crippen LogP contribution is 2.30. The second-order valence-corrected chi connectivity index (χ2v) is 5.35. The number of carbonyl (C=O) groups is 1. The number of aromatic nitrogens is 3. The molecule has 2 aromatic rings. The average molecular weight is 306 g/mol. The Hall–Kier alpha value is -2.22. The number of carbonyl (C=O) groups excluding carboxylic acids is 1. The number of amides is 1. The summed E-state index contributed by atoms with van der Waals surface area (Å²) in [5.74, 6) is 1.35. The fraction of sp³-hybridized carbons (Fsp3) is 0.571. The van der Waals surface area contributed by atoms with Gasteiger partial charge >= 0.3 is 0 Å². The fourth-order valence-corrected chi connectivity index (χ4v) is 2.68. The molecule has 1 aliphatic heterocycles. The summed E-state index contributed by atoms with van der Waals surface area (Å²) in [5.41, 5.74) is 0.571. The van der Waals surface area contributed by atoms with Crippen LogP contribution in [-0.2, 0) is 4.74 Å². The summed E-state index contributed by atoms with van der Waals surface area (Å²) in [7, 11) is 0.